The fourth-order valence-corrected chi connectivity index (χ4v) is 9.62. The van der Waals surface area contributed by atoms with Crippen molar-refractivity contribution >= 4 is 72.0 Å². The lowest BCUT2D eigenvalue weighted by Crippen LogP contribution is -2.29. The van der Waals surface area contributed by atoms with Crippen molar-refractivity contribution in [2.75, 3.05) is 0 Å². The van der Waals surface area contributed by atoms with E-state index < -0.39 is 0 Å². The van der Waals surface area contributed by atoms with E-state index in [4.69, 9.17) is 4.42 Å². The number of rotatable bonds is 5. The highest BCUT2D eigenvalue weighted by molar-refractivity contribution is 6.13. The third kappa shape index (κ3) is 4.87. The van der Waals surface area contributed by atoms with E-state index in [0.717, 1.165) is 27.7 Å². The van der Waals surface area contributed by atoms with E-state index in [1.807, 2.05) is 18.2 Å². The molecule has 1 nitrogen and oxygen atoms in total. The van der Waals surface area contributed by atoms with Gasteiger partial charge in [-0.15, -0.1) is 0 Å². The lowest BCUT2D eigenvalue weighted by atomic mass is 9.81. The Hall–Kier alpha value is -6.70. The fraction of sp³-hybridized carbons (Fsp3) is 0.0909. The number of para-hydroxylation sites is 1. The molecule has 0 N–H and O–H groups in total. The Morgan fingerprint density at radius 2 is 1.20 bits per heavy atom. The van der Waals surface area contributed by atoms with Crippen molar-refractivity contribution in [2.45, 2.75) is 33.1 Å². The van der Waals surface area contributed by atoms with Crippen molar-refractivity contribution in [3.63, 3.8) is 0 Å². The van der Waals surface area contributed by atoms with Crippen LogP contribution in [0.1, 0.15) is 44.4 Å². The smallest absolute Gasteiger partial charge is 0.136 e. The molecule has 9 aromatic rings. The van der Waals surface area contributed by atoms with E-state index in [9.17, 15) is 0 Å². The Labute approximate surface area is 327 Å². The topological polar surface area (TPSA) is 13.1 Å². The Bertz CT molecular complexity index is 3330. The first-order valence-corrected chi connectivity index (χ1v) is 19.5. The molecule has 56 heavy (non-hydrogen) atoms. The van der Waals surface area contributed by atoms with Crippen molar-refractivity contribution in [1.82, 2.24) is 0 Å². The van der Waals surface area contributed by atoms with Gasteiger partial charge in [0.05, 0.1) is 0 Å². The molecule has 1 aliphatic carbocycles. The summed E-state index contributed by atoms with van der Waals surface area (Å²) in [4.78, 5) is 0. The lowest BCUT2D eigenvalue weighted by molar-refractivity contribution is 0.661. The van der Waals surface area contributed by atoms with Gasteiger partial charge in [0.1, 0.15) is 11.2 Å². The molecule has 1 aromatic heterocycles. The van der Waals surface area contributed by atoms with Crippen LogP contribution in [0.3, 0.4) is 0 Å². The SMILES string of the molecule is C=C/C=C\C(=C)c1ccc(-c2c(=C/C)/c(=C\C)c(-c3ccc4c(c3)-c3cc5cc6oc7ccccc7c6cc5cc3C4(C)C)c3ccccc23)c2ccccc12. The van der Waals surface area contributed by atoms with Crippen LogP contribution in [0, 0.1) is 0 Å². The Morgan fingerprint density at radius 1 is 0.554 bits per heavy atom. The van der Waals surface area contributed by atoms with Gasteiger partial charge in [-0.1, -0.05) is 148 Å². The van der Waals surface area contributed by atoms with Gasteiger partial charge in [-0.3, -0.25) is 0 Å². The minimum absolute atomic E-state index is 0.140. The van der Waals surface area contributed by atoms with Gasteiger partial charge in [-0.2, -0.15) is 0 Å². The highest BCUT2D eigenvalue weighted by Gasteiger charge is 2.36. The van der Waals surface area contributed by atoms with Gasteiger partial charge in [0.15, 0.2) is 0 Å². The van der Waals surface area contributed by atoms with Crippen LogP contribution in [0.5, 0.6) is 0 Å². The number of allylic oxidation sites excluding steroid dienone is 4. The highest BCUT2D eigenvalue weighted by Crippen LogP contribution is 2.51. The van der Waals surface area contributed by atoms with Gasteiger partial charge in [0, 0.05) is 16.2 Å². The molecule has 0 radical (unpaired) electrons. The molecule has 0 unspecified atom stereocenters. The second kappa shape index (κ2) is 12.7. The van der Waals surface area contributed by atoms with Crippen LogP contribution in [-0.4, -0.2) is 0 Å². The van der Waals surface area contributed by atoms with Gasteiger partial charge >= 0.3 is 0 Å². The maximum atomic E-state index is 6.33. The van der Waals surface area contributed by atoms with E-state index >= 15 is 0 Å². The van der Waals surface area contributed by atoms with Crippen molar-refractivity contribution in [3.8, 4) is 33.4 Å². The number of hydrogen-bond donors (Lipinski definition) is 0. The molecule has 0 amide bonds. The quantitative estimate of drug-likeness (QED) is 0.162. The Balaban J connectivity index is 1.20. The summed E-state index contributed by atoms with van der Waals surface area (Å²) >= 11 is 0. The number of benzene rings is 8. The molecule has 0 fully saturated rings. The molecule has 0 atom stereocenters. The predicted octanol–water partition coefficient (Wildman–Crippen LogP) is 14.0. The third-order valence-electron chi connectivity index (χ3n) is 12.3. The fourth-order valence-electron chi connectivity index (χ4n) is 9.62. The summed E-state index contributed by atoms with van der Waals surface area (Å²) in [5.41, 5.74) is 14.1. The highest BCUT2D eigenvalue weighted by atomic mass is 16.3. The molecule has 1 heteroatoms. The predicted molar refractivity (Wildman–Crippen MR) is 243 cm³/mol. The van der Waals surface area contributed by atoms with Crippen molar-refractivity contribution in [2.24, 2.45) is 0 Å². The maximum Gasteiger partial charge on any atom is 0.136 e. The molecule has 0 bridgehead atoms. The number of furan rings is 1. The third-order valence-corrected chi connectivity index (χ3v) is 12.3. The minimum atomic E-state index is -0.140. The summed E-state index contributed by atoms with van der Waals surface area (Å²) in [6, 6.07) is 47.1. The van der Waals surface area contributed by atoms with Crippen LogP contribution in [-0.2, 0) is 5.41 Å². The first kappa shape index (κ1) is 33.8. The van der Waals surface area contributed by atoms with Gasteiger partial charge in [0.25, 0.3) is 0 Å². The summed E-state index contributed by atoms with van der Waals surface area (Å²) in [5.74, 6) is 0. The van der Waals surface area contributed by atoms with Gasteiger partial charge < -0.3 is 4.42 Å². The maximum absolute atomic E-state index is 6.33. The van der Waals surface area contributed by atoms with E-state index in [1.54, 1.807) is 6.08 Å². The first-order valence-electron chi connectivity index (χ1n) is 19.5. The molecule has 268 valence electrons. The minimum Gasteiger partial charge on any atom is -0.456 e. The zero-order chi connectivity index (χ0) is 38.3. The first-order chi connectivity index (χ1) is 27.3. The van der Waals surface area contributed by atoms with E-state index in [0.29, 0.717) is 0 Å². The molecule has 0 spiro atoms. The normalized spacial score (nSPS) is 14.1. The summed E-state index contributed by atoms with van der Waals surface area (Å²) < 4.78 is 6.33. The average Bonchev–Trinajstić information content (AvgIpc) is 3.69. The Kier molecular flexibility index (Phi) is 7.66. The van der Waals surface area contributed by atoms with Crippen molar-refractivity contribution in [3.05, 3.63) is 186 Å². The second-order valence-electron chi connectivity index (χ2n) is 15.6. The molecule has 10 rings (SSSR count). The van der Waals surface area contributed by atoms with Crippen LogP contribution in [0.15, 0.2) is 163 Å². The largest absolute Gasteiger partial charge is 0.456 e. The zero-order valence-electron chi connectivity index (χ0n) is 32.3. The van der Waals surface area contributed by atoms with Crippen LogP contribution in [0.25, 0.3) is 105 Å². The molecule has 8 aromatic carbocycles. The molecule has 0 saturated carbocycles. The van der Waals surface area contributed by atoms with Gasteiger partial charge in [0.2, 0.25) is 0 Å². The number of fused-ring (bicyclic) bond motifs is 9. The summed E-state index contributed by atoms with van der Waals surface area (Å²) in [5, 5.41) is 12.2. The van der Waals surface area contributed by atoms with E-state index in [2.05, 4.69) is 174 Å². The monoisotopic (exact) mass is 718 g/mol. The Morgan fingerprint density at radius 3 is 1.95 bits per heavy atom. The summed E-state index contributed by atoms with van der Waals surface area (Å²) in [6.07, 6.45) is 10.4. The van der Waals surface area contributed by atoms with Crippen LogP contribution in [0.2, 0.25) is 0 Å². The van der Waals surface area contributed by atoms with Gasteiger partial charge in [-0.05, 0) is 149 Å². The zero-order valence-corrected chi connectivity index (χ0v) is 32.3. The molecule has 0 aliphatic heterocycles. The molecular weight excluding hydrogens is 677 g/mol. The van der Waals surface area contributed by atoms with Gasteiger partial charge in [-0.25, -0.2) is 0 Å². The summed E-state index contributed by atoms with van der Waals surface area (Å²) in [7, 11) is 0. The van der Waals surface area contributed by atoms with Crippen LogP contribution >= 0.6 is 0 Å². The van der Waals surface area contributed by atoms with Crippen molar-refractivity contribution in [1.29, 1.82) is 0 Å². The van der Waals surface area contributed by atoms with Crippen molar-refractivity contribution < 1.29 is 4.42 Å². The average molecular weight is 719 g/mol. The standard InChI is InChI=1S/C55H42O/c1-7-10-17-33(4)39-25-26-45(41-19-12-11-18-40(39)41)54-38(9-3)37(8-2)53(43-21-13-14-22-44(43)54)34-24-27-49-46(28-34)47-29-36-32-52-48(42-20-15-16-23-51(42)56-52)30-35(36)31-50(47)55(49,5)6/h7-32H,1,4H2,2-3,5-6H3/b17-10-,37-8+,38-9+. The van der Waals surface area contributed by atoms with E-state index in [1.165, 1.54) is 92.6 Å². The molecule has 1 heterocycles. The molecule has 0 saturated heterocycles. The second-order valence-corrected chi connectivity index (χ2v) is 15.6. The summed E-state index contributed by atoms with van der Waals surface area (Å²) in [6.45, 7) is 17.4. The molecule has 1 aliphatic rings. The molecular formula is C55H42O. The van der Waals surface area contributed by atoms with Crippen LogP contribution in [0.4, 0.5) is 0 Å². The van der Waals surface area contributed by atoms with Crippen LogP contribution < -0.4 is 10.4 Å². The number of hydrogen-bond acceptors (Lipinski definition) is 1. The van der Waals surface area contributed by atoms with E-state index in [-0.39, 0.29) is 5.41 Å². The lowest BCUT2D eigenvalue weighted by Gasteiger charge is -2.22.